The number of hydrogen-bond donors (Lipinski definition) is 0. The molecule has 5 heavy (non-hydrogen) atoms. The zero-order chi connectivity index (χ0) is 0. The summed E-state index contributed by atoms with van der Waals surface area (Å²) in [6.07, 6.45) is 0. The van der Waals surface area contributed by atoms with Crippen LogP contribution < -0.4 is 0 Å². The molecule has 0 aliphatic rings. The van der Waals surface area contributed by atoms with E-state index in [-0.39, 0.29) is 73.9 Å². The SMILES string of the molecule is [O-2].[O-2].[Ru+3].[Ti+4].[Ti+4]. The molecule has 0 aromatic carbocycles. The average molecular weight is 229 g/mol. The van der Waals surface area contributed by atoms with Gasteiger partial charge >= 0.3 is 62.9 Å². The van der Waals surface area contributed by atoms with Gasteiger partial charge in [0.25, 0.3) is 0 Å². The Kier molecular flexibility index (Phi) is 486. The summed E-state index contributed by atoms with van der Waals surface area (Å²) in [6, 6.07) is 0. The van der Waals surface area contributed by atoms with Crippen LogP contribution in [0.15, 0.2) is 0 Å². The van der Waals surface area contributed by atoms with E-state index in [0.717, 1.165) is 0 Å². The quantitative estimate of drug-likeness (QED) is 0.514. The molecule has 0 rings (SSSR count). The van der Waals surface area contributed by atoms with Crippen molar-refractivity contribution < 1.29 is 73.9 Å². The minimum Gasteiger partial charge on any atom is -2.00 e. The van der Waals surface area contributed by atoms with Crippen LogP contribution in [0, 0.1) is 0 Å². The normalized spacial score (nSPS) is 0. The molecule has 0 aromatic rings. The minimum atomic E-state index is 0. The third-order valence-corrected chi connectivity index (χ3v) is 0. The molecule has 0 aliphatic heterocycles. The van der Waals surface area contributed by atoms with Crippen LogP contribution in [0.2, 0.25) is 0 Å². The largest absolute Gasteiger partial charge is 4.00 e. The van der Waals surface area contributed by atoms with E-state index in [1.165, 1.54) is 0 Å². The van der Waals surface area contributed by atoms with E-state index < -0.39 is 0 Å². The summed E-state index contributed by atoms with van der Waals surface area (Å²) in [7, 11) is 0. The van der Waals surface area contributed by atoms with Gasteiger partial charge in [-0.1, -0.05) is 0 Å². The van der Waals surface area contributed by atoms with E-state index in [1.807, 2.05) is 0 Å². The fraction of sp³-hybridized carbons (Fsp3) is 0. The Hall–Kier alpha value is 1.97. The van der Waals surface area contributed by atoms with Gasteiger partial charge in [-0.3, -0.25) is 0 Å². The molecule has 0 bridgehead atoms. The summed E-state index contributed by atoms with van der Waals surface area (Å²) in [4.78, 5) is 0. The Morgan fingerprint density at radius 1 is 0.600 bits per heavy atom. The molecular formula is O2RuTi2+7. The molecule has 0 saturated carbocycles. The van der Waals surface area contributed by atoms with Crippen LogP contribution in [0.5, 0.6) is 0 Å². The topological polar surface area (TPSA) is 57.0 Å². The summed E-state index contributed by atoms with van der Waals surface area (Å²) in [5, 5.41) is 0. The Balaban J connectivity index is 0. The molecule has 0 N–H and O–H groups in total. The zero-order valence-corrected chi connectivity index (χ0v) is 7.03. The van der Waals surface area contributed by atoms with Crippen LogP contribution in [0.4, 0.5) is 0 Å². The molecule has 2 nitrogen and oxygen atoms in total. The summed E-state index contributed by atoms with van der Waals surface area (Å²) in [5.41, 5.74) is 0. The van der Waals surface area contributed by atoms with E-state index >= 15 is 0 Å². The monoisotopic (exact) mass is 230 g/mol. The van der Waals surface area contributed by atoms with Crippen molar-refractivity contribution in [1.29, 1.82) is 0 Å². The zero-order valence-electron chi connectivity index (χ0n) is 2.17. The van der Waals surface area contributed by atoms with Gasteiger partial charge in [-0.05, 0) is 0 Å². The fourth-order valence-electron chi connectivity index (χ4n) is 0. The van der Waals surface area contributed by atoms with E-state index in [2.05, 4.69) is 0 Å². The van der Waals surface area contributed by atoms with Crippen LogP contribution in [-0.2, 0) is 73.9 Å². The maximum absolute atomic E-state index is 0. The van der Waals surface area contributed by atoms with Crippen molar-refractivity contribution >= 4 is 0 Å². The van der Waals surface area contributed by atoms with Gasteiger partial charge in [-0.2, -0.15) is 0 Å². The molecule has 0 aromatic heterocycles. The molecule has 21 valence electrons. The molecule has 0 atom stereocenters. The second-order valence-corrected chi connectivity index (χ2v) is 0. The molecule has 1 radical (unpaired) electrons. The predicted octanol–water partition coefficient (Wildman–Crippen LogP) is -0.245. The maximum Gasteiger partial charge on any atom is 4.00 e. The van der Waals surface area contributed by atoms with Crippen LogP contribution in [0.1, 0.15) is 0 Å². The van der Waals surface area contributed by atoms with Crippen molar-refractivity contribution in [1.82, 2.24) is 0 Å². The number of hydrogen-bond acceptors (Lipinski definition) is 0. The van der Waals surface area contributed by atoms with Gasteiger partial charge in [-0.25, -0.2) is 0 Å². The molecule has 0 saturated heterocycles. The van der Waals surface area contributed by atoms with Gasteiger partial charge in [0, 0.05) is 0 Å². The summed E-state index contributed by atoms with van der Waals surface area (Å²) in [6.45, 7) is 0. The molecule has 0 fully saturated rings. The average Bonchev–Trinajstić information content (AvgIpc) is 0. The first-order valence-electron chi connectivity index (χ1n) is 0. The predicted molar refractivity (Wildman–Crippen MR) is 1.37 cm³/mol. The van der Waals surface area contributed by atoms with Crippen molar-refractivity contribution in [3.63, 3.8) is 0 Å². The Morgan fingerprint density at radius 2 is 0.600 bits per heavy atom. The van der Waals surface area contributed by atoms with Crippen molar-refractivity contribution in [3.05, 3.63) is 0 Å². The van der Waals surface area contributed by atoms with E-state index in [1.54, 1.807) is 0 Å². The van der Waals surface area contributed by atoms with E-state index in [9.17, 15) is 0 Å². The molecule has 5 heteroatoms. The van der Waals surface area contributed by atoms with Crippen LogP contribution >= 0.6 is 0 Å². The number of rotatable bonds is 0. The first kappa shape index (κ1) is 63.9. The van der Waals surface area contributed by atoms with E-state index in [4.69, 9.17) is 0 Å². The third kappa shape index (κ3) is 24.2. The van der Waals surface area contributed by atoms with Crippen LogP contribution in [-0.4, -0.2) is 0 Å². The maximum atomic E-state index is 0. The van der Waals surface area contributed by atoms with Crippen molar-refractivity contribution in [3.8, 4) is 0 Å². The van der Waals surface area contributed by atoms with Crippen LogP contribution in [0.3, 0.4) is 0 Å². The Labute approximate surface area is 73.2 Å². The van der Waals surface area contributed by atoms with Gasteiger partial charge in [-0.15, -0.1) is 0 Å². The van der Waals surface area contributed by atoms with Gasteiger partial charge in [0.15, 0.2) is 0 Å². The first-order chi connectivity index (χ1) is 0. The summed E-state index contributed by atoms with van der Waals surface area (Å²) in [5.74, 6) is 0. The van der Waals surface area contributed by atoms with E-state index in [0.29, 0.717) is 0 Å². The molecule has 0 spiro atoms. The molecule has 0 aliphatic carbocycles. The summed E-state index contributed by atoms with van der Waals surface area (Å²) >= 11 is 0. The fourth-order valence-corrected chi connectivity index (χ4v) is 0. The minimum absolute atomic E-state index is 0. The molecular weight excluding hydrogens is 229 g/mol. The van der Waals surface area contributed by atoms with Gasteiger partial charge in [0.05, 0.1) is 0 Å². The Morgan fingerprint density at radius 3 is 0.600 bits per heavy atom. The van der Waals surface area contributed by atoms with Crippen molar-refractivity contribution in [2.75, 3.05) is 0 Å². The van der Waals surface area contributed by atoms with Crippen LogP contribution in [0.25, 0.3) is 0 Å². The Bertz CT molecular complexity index is 7.61. The molecule has 0 amide bonds. The molecule has 0 heterocycles. The second kappa shape index (κ2) is 38.0. The smallest absolute Gasteiger partial charge is 2.00 e. The third-order valence-electron chi connectivity index (χ3n) is 0. The summed E-state index contributed by atoms with van der Waals surface area (Å²) < 4.78 is 0. The standard InChI is InChI=1S/2O.Ru.2Ti/q2*-2;+3;2*+4. The van der Waals surface area contributed by atoms with Gasteiger partial charge in [0.2, 0.25) is 0 Å². The second-order valence-electron chi connectivity index (χ2n) is 0. The van der Waals surface area contributed by atoms with Gasteiger partial charge < -0.3 is 11.0 Å². The van der Waals surface area contributed by atoms with Crippen molar-refractivity contribution in [2.24, 2.45) is 0 Å². The first-order valence-corrected chi connectivity index (χ1v) is 0. The van der Waals surface area contributed by atoms with Gasteiger partial charge in [0.1, 0.15) is 0 Å². The molecule has 0 unspecified atom stereocenters. The van der Waals surface area contributed by atoms with Crippen molar-refractivity contribution in [2.45, 2.75) is 0 Å².